The Hall–Kier alpha value is -1.95. The van der Waals surface area contributed by atoms with Gasteiger partial charge in [-0.05, 0) is 37.8 Å². The van der Waals surface area contributed by atoms with E-state index in [4.69, 9.17) is 4.42 Å². The highest BCUT2D eigenvalue weighted by molar-refractivity contribution is 7.09. The summed E-state index contributed by atoms with van der Waals surface area (Å²) in [6.07, 6.45) is 2.36. The molecule has 2 rings (SSSR count). The Balaban J connectivity index is 2.01. The van der Waals surface area contributed by atoms with Crippen molar-refractivity contribution in [2.75, 3.05) is 6.54 Å². The van der Waals surface area contributed by atoms with E-state index in [9.17, 15) is 9.59 Å². The predicted molar refractivity (Wildman–Crippen MR) is 95.8 cm³/mol. The number of amides is 1. The zero-order chi connectivity index (χ0) is 17.7. The first-order valence-electron chi connectivity index (χ1n) is 8.19. The number of thiazole rings is 1. The Morgan fingerprint density at radius 2 is 2.08 bits per heavy atom. The average molecular weight is 348 g/mol. The molecule has 2 aromatic heterocycles. The Morgan fingerprint density at radius 1 is 1.33 bits per heavy atom. The SMILES string of the molecule is Cc1cc(CCC(C)C)oc(=O)c1C(=O)NCCc1scnc1C. The van der Waals surface area contributed by atoms with E-state index < -0.39 is 5.63 Å². The van der Waals surface area contributed by atoms with Crippen LogP contribution in [-0.4, -0.2) is 17.4 Å². The van der Waals surface area contributed by atoms with Crippen molar-refractivity contribution in [1.82, 2.24) is 10.3 Å². The zero-order valence-corrected chi connectivity index (χ0v) is 15.5. The van der Waals surface area contributed by atoms with E-state index in [1.165, 1.54) is 0 Å². The lowest BCUT2D eigenvalue weighted by Crippen LogP contribution is -2.31. The van der Waals surface area contributed by atoms with Gasteiger partial charge in [0, 0.05) is 24.3 Å². The molecule has 1 N–H and O–H groups in total. The third-order valence-electron chi connectivity index (χ3n) is 3.88. The highest BCUT2D eigenvalue weighted by atomic mass is 32.1. The second-order valence-corrected chi connectivity index (χ2v) is 7.30. The lowest BCUT2D eigenvalue weighted by molar-refractivity contribution is 0.0949. The largest absolute Gasteiger partial charge is 0.427 e. The van der Waals surface area contributed by atoms with Crippen LogP contribution < -0.4 is 10.9 Å². The van der Waals surface area contributed by atoms with Gasteiger partial charge in [-0.15, -0.1) is 11.3 Å². The third-order valence-corrected chi connectivity index (χ3v) is 4.87. The first kappa shape index (κ1) is 18.4. The fourth-order valence-corrected chi connectivity index (χ4v) is 3.23. The number of hydrogen-bond donors (Lipinski definition) is 1. The van der Waals surface area contributed by atoms with Crippen molar-refractivity contribution < 1.29 is 9.21 Å². The molecule has 2 aromatic rings. The lowest BCUT2D eigenvalue weighted by Gasteiger charge is -2.09. The molecular weight excluding hydrogens is 324 g/mol. The van der Waals surface area contributed by atoms with Crippen molar-refractivity contribution in [3.05, 3.63) is 49.5 Å². The summed E-state index contributed by atoms with van der Waals surface area (Å²) in [5.41, 5.74) is 2.99. The molecule has 0 saturated carbocycles. The van der Waals surface area contributed by atoms with Crippen LogP contribution in [0.3, 0.4) is 0 Å². The Bertz CT molecular complexity index is 762. The van der Waals surface area contributed by atoms with Gasteiger partial charge in [-0.25, -0.2) is 9.78 Å². The monoisotopic (exact) mass is 348 g/mol. The number of hydrogen-bond acceptors (Lipinski definition) is 5. The quantitative estimate of drug-likeness (QED) is 0.833. The maximum Gasteiger partial charge on any atom is 0.349 e. The molecule has 0 fully saturated rings. The lowest BCUT2D eigenvalue weighted by atomic mass is 10.0. The first-order chi connectivity index (χ1) is 11.4. The van der Waals surface area contributed by atoms with E-state index in [-0.39, 0.29) is 11.5 Å². The maximum absolute atomic E-state index is 12.3. The van der Waals surface area contributed by atoms with Crippen LogP contribution in [0.15, 0.2) is 20.8 Å². The van der Waals surface area contributed by atoms with Crippen molar-refractivity contribution >= 4 is 17.2 Å². The highest BCUT2D eigenvalue weighted by Crippen LogP contribution is 2.13. The van der Waals surface area contributed by atoms with E-state index >= 15 is 0 Å². The molecule has 6 heteroatoms. The Labute approximate surface area is 146 Å². The van der Waals surface area contributed by atoms with Crippen LogP contribution in [0.2, 0.25) is 0 Å². The summed E-state index contributed by atoms with van der Waals surface area (Å²) in [6, 6.07) is 1.80. The zero-order valence-electron chi connectivity index (χ0n) is 14.6. The van der Waals surface area contributed by atoms with E-state index in [0.717, 1.165) is 17.0 Å². The van der Waals surface area contributed by atoms with E-state index in [2.05, 4.69) is 24.1 Å². The summed E-state index contributed by atoms with van der Waals surface area (Å²) in [7, 11) is 0. The van der Waals surface area contributed by atoms with Gasteiger partial charge in [-0.3, -0.25) is 4.79 Å². The summed E-state index contributed by atoms with van der Waals surface area (Å²) >= 11 is 1.57. The maximum atomic E-state index is 12.3. The molecule has 0 aliphatic heterocycles. The van der Waals surface area contributed by atoms with E-state index in [0.29, 0.717) is 36.6 Å². The van der Waals surface area contributed by atoms with Gasteiger partial charge in [0.15, 0.2) is 0 Å². The van der Waals surface area contributed by atoms with Crippen molar-refractivity contribution in [3.8, 4) is 0 Å². The molecule has 5 nitrogen and oxygen atoms in total. The molecule has 0 bridgehead atoms. The number of nitrogens with one attached hydrogen (secondary N) is 1. The Morgan fingerprint density at radius 3 is 2.67 bits per heavy atom. The first-order valence-corrected chi connectivity index (χ1v) is 9.07. The molecule has 24 heavy (non-hydrogen) atoms. The fraction of sp³-hybridized carbons (Fsp3) is 0.500. The molecule has 0 saturated heterocycles. The minimum Gasteiger partial charge on any atom is -0.427 e. The molecule has 130 valence electrons. The van der Waals surface area contributed by atoms with Crippen LogP contribution >= 0.6 is 11.3 Å². The molecule has 0 aliphatic carbocycles. The van der Waals surface area contributed by atoms with Crippen LogP contribution in [0.5, 0.6) is 0 Å². The Kier molecular flexibility index (Phi) is 6.31. The van der Waals surface area contributed by atoms with Crippen LogP contribution in [0, 0.1) is 19.8 Å². The second kappa shape index (κ2) is 8.24. The molecule has 2 heterocycles. The topological polar surface area (TPSA) is 72.2 Å². The van der Waals surface area contributed by atoms with Crippen molar-refractivity contribution in [3.63, 3.8) is 0 Å². The van der Waals surface area contributed by atoms with E-state index in [1.54, 1.807) is 29.8 Å². The number of aromatic nitrogens is 1. The van der Waals surface area contributed by atoms with E-state index in [1.807, 2.05) is 6.92 Å². The van der Waals surface area contributed by atoms with Gasteiger partial charge >= 0.3 is 5.63 Å². The standard InChI is InChI=1S/C18H24N2O3S/c1-11(2)5-6-14-9-12(3)16(18(22)23-14)17(21)19-8-7-15-13(4)20-10-24-15/h9-11H,5-8H2,1-4H3,(H,19,21). The van der Waals surface area contributed by atoms with Crippen LogP contribution in [-0.2, 0) is 12.8 Å². The van der Waals surface area contributed by atoms with Gasteiger partial charge in [-0.1, -0.05) is 13.8 Å². The molecular formula is C18H24N2O3S. The summed E-state index contributed by atoms with van der Waals surface area (Å²) < 4.78 is 5.31. The average Bonchev–Trinajstić information content (AvgIpc) is 2.90. The number of carbonyl (C=O) groups is 1. The second-order valence-electron chi connectivity index (χ2n) is 6.36. The molecule has 1 amide bonds. The third kappa shape index (κ3) is 4.77. The minimum atomic E-state index is -0.555. The summed E-state index contributed by atoms with van der Waals surface area (Å²) in [6.45, 7) is 8.44. The number of nitrogens with zero attached hydrogens (tertiary/aromatic N) is 1. The molecule has 0 unspecified atom stereocenters. The number of aryl methyl sites for hydroxylation is 3. The molecule has 0 spiro atoms. The summed E-state index contributed by atoms with van der Waals surface area (Å²) in [5, 5.41) is 2.80. The van der Waals surface area contributed by atoms with Crippen LogP contribution in [0.4, 0.5) is 0 Å². The van der Waals surface area contributed by atoms with Crippen molar-refractivity contribution in [2.24, 2.45) is 5.92 Å². The van der Waals surface area contributed by atoms with Gasteiger partial charge < -0.3 is 9.73 Å². The number of rotatable bonds is 7. The predicted octanol–water partition coefficient (Wildman–Crippen LogP) is 3.27. The van der Waals surface area contributed by atoms with Gasteiger partial charge in [0.05, 0.1) is 11.2 Å². The van der Waals surface area contributed by atoms with Crippen LogP contribution in [0.1, 0.15) is 52.5 Å². The molecule has 0 radical (unpaired) electrons. The fourth-order valence-electron chi connectivity index (χ4n) is 2.44. The van der Waals surface area contributed by atoms with Crippen LogP contribution in [0.25, 0.3) is 0 Å². The highest BCUT2D eigenvalue weighted by Gasteiger charge is 2.17. The summed E-state index contributed by atoms with van der Waals surface area (Å²) in [4.78, 5) is 29.8. The van der Waals surface area contributed by atoms with Crippen molar-refractivity contribution in [1.29, 1.82) is 0 Å². The molecule has 0 aromatic carbocycles. The smallest absolute Gasteiger partial charge is 0.349 e. The van der Waals surface area contributed by atoms with Gasteiger partial charge in [0.1, 0.15) is 11.3 Å². The molecule has 0 aliphatic rings. The van der Waals surface area contributed by atoms with Crippen molar-refractivity contribution in [2.45, 2.75) is 47.0 Å². The van der Waals surface area contributed by atoms with Gasteiger partial charge in [0.25, 0.3) is 5.91 Å². The molecule has 0 atom stereocenters. The minimum absolute atomic E-state index is 0.101. The normalized spacial score (nSPS) is 11.0. The van der Waals surface area contributed by atoms with Gasteiger partial charge in [0.2, 0.25) is 0 Å². The number of carbonyl (C=O) groups excluding carboxylic acids is 1. The summed E-state index contributed by atoms with van der Waals surface area (Å²) in [5.74, 6) is 0.802. The van der Waals surface area contributed by atoms with Gasteiger partial charge in [-0.2, -0.15) is 0 Å².